The molecule has 2 aromatic rings. The third-order valence-electron chi connectivity index (χ3n) is 3.82. The van der Waals surface area contributed by atoms with Gasteiger partial charge in [0.25, 0.3) is 0 Å². The van der Waals surface area contributed by atoms with Crippen LogP contribution in [0.2, 0.25) is 5.02 Å². The van der Waals surface area contributed by atoms with Gasteiger partial charge in [-0.05, 0) is 48.7 Å². The Hall–Kier alpha value is -1.87. The molecule has 3 nitrogen and oxygen atoms in total. The second kappa shape index (κ2) is 4.91. The fourth-order valence-corrected chi connectivity index (χ4v) is 3.03. The van der Waals surface area contributed by atoms with Crippen LogP contribution in [-0.2, 0) is 6.42 Å². The van der Waals surface area contributed by atoms with Crippen LogP contribution >= 0.6 is 11.6 Å². The highest BCUT2D eigenvalue weighted by molar-refractivity contribution is 6.30. The van der Waals surface area contributed by atoms with Crippen molar-refractivity contribution in [2.45, 2.75) is 25.7 Å². The van der Waals surface area contributed by atoms with Crippen molar-refractivity contribution in [3.8, 4) is 5.75 Å². The second-order valence-corrected chi connectivity index (χ2v) is 5.62. The number of aromatic hydroxyl groups is 1. The third-order valence-corrected chi connectivity index (χ3v) is 4.05. The van der Waals surface area contributed by atoms with E-state index >= 15 is 0 Å². The molecule has 0 saturated heterocycles. The highest BCUT2D eigenvalue weighted by Gasteiger charge is 2.29. The normalized spacial score (nSPS) is 17.9. The molecule has 0 spiro atoms. The number of aromatic nitrogens is 1. The molecule has 0 bridgehead atoms. The van der Waals surface area contributed by atoms with Crippen molar-refractivity contribution in [1.29, 1.82) is 0 Å². The van der Waals surface area contributed by atoms with Gasteiger partial charge >= 0.3 is 0 Å². The van der Waals surface area contributed by atoms with Gasteiger partial charge in [0.05, 0.1) is 5.69 Å². The average molecular weight is 288 g/mol. The lowest BCUT2D eigenvalue weighted by Crippen LogP contribution is -2.21. The Kier molecular flexibility index (Phi) is 3.22. The van der Waals surface area contributed by atoms with E-state index in [0.29, 0.717) is 17.9 Å². The van der Waals surface area contributed by atoms with E-state index in [0.717, 1.165) is 22.4 Å². The number of hydrogen-bond acceptors (Lipinski definition) is 3. The van der Waals surface area contributed by atoms with Crippen LogP contribution in [0.15, 0.2) is 30.5 Å². The van der Waals surface area contributed by atoms with Crippen LogP contribution in [0.4, 0.5) is 0 Å². The molecule has 1 aromatic carbocycles. The number of fused-ring (bicyclic) bond motifs is 1. The molecule has 102 valence electrons. The van der Waals surface area contributed by atoms with Crippen molar-refractivity contribution in [3.05, 3.63) is 57.9 Å². The van der Waals surface area contributed by atoms with Gasteiger partial charge in [-0.1, -0.05) is 11.6 Å². The Morgan fingerprint density at radius 2 is 2.10 bits per heavy atom. The van der Waals surface area contributed by atoms with Crippen LogP contribution in [-0.4, -0.2) is 15.9 Å². The van der Waals surface area contributed by atoms with Gasteiger partial charge in [0.2, 0.25) is 0 Å². The molecule has 0 saturated carbocycles. The van der Waals surface area contributed by atoms with Crippen LogP contribution in [0, 0.1) is 6.92 Å². The van der Waals surface area contributed by atoms with Crippen LogP contribution in [0.5, 0.6) is 5.75 Å². The van der Waals surface area contributed by atoms with Crippen molar-refractivity contribution in [2.75, 3.05) is 0 Å². The number of carbonyl (C=O) groups excluding carboxylic acids is 1. The number of pyridine rings is 1. The standard InChI is InChI=1S/C16H14ClNO2/c1-9-4-5-18-13-6-10(7-15(20)16(9)13)12-8-11(17)2-3-14(12)19/h2-5,8,10,19H,6-7H2,1H3. The third kappa shape index (κ3) is 2.18. The summed E-state index contributed by atoms with van der Waals surface area (Å²) in [5, 5.41) is 10.5. The second-order valence-electron chi connectivity index (χ2n) is 5.18. The molecule has 1 atom stereocenters. The molecule has 0 aliphatic heterocycles. The van der Waals surface area contributed by atoms with E-state index in [9.17, 15) is 9.90 Å². The van der Waals surface area contributed by atoms with E-state index in [1.54, 1.807) is 24.4 Å². The number of aryl methyl sites for hydroxylation is 1. The number of rotatable bonds is 1. The Labute approximate surface area is 122 Å². The van der Waals surface area contributed by atoms with E-state index < -0.39 is 0 Å². The largest absolute Gasteiger partial charge is 0.508 e. The number of benzene rings is 1. The molecule has 1 aromatic heterocycles. The van der Waals surface area contributed by atoms with Gasteiger partial charge in [-0.15, -0.1) is 0 Å². The summed E-state index contributed by atoms with van der Waals surface area (Å²) in [5.41, 5.74) is 3.24. The number of Topliss-reactive ketones (excluding diaryl/α,β-unsaturated/α-hetero) is 1. The van der Waals surface area contributed by atoms with E-state index in [2.05, 4.69) is 4.98 Å². The number of halogens is 1. The first-order valence-corrected chi connectivity index (χ1v) is 6.90. The van der Waals surface area contributed by atoms with Gasteiger partial charge in [-0.3, -0.25) is 9.78 Å². The zero-order valence-electron chi connectivity index (χ0n) is 11.1. The van der Waals surface area contributed by atoms with Crippen LogP contribution in [0.3, 0.4) is 0 Å². The van der Waals surface area contributed by atoms with Gasteiger partial charge in [-0.25, -0.2) is 0 Å². The molecule has 20 heavy (non-hydrogen) atoms. The minimum Gasteiger partial charge on any atom is -0.508 e. The first-order valence-electron chi connectivity index (χ1n) is 6.52. The SMILES string of the molecule is Cc1ccnc2c1C(=O)CC(c1cc(Cl)ccc1O)C2. The molecule has 1 aliphatic rings. The lowest BCUT2D eigenvalue weighted by atomic mass is 9.80. The Morgan fingerprint density at radius 3 is 2.90 bits per heavy atom. The predicted molar refractivity (Wildman–Crippen MR) is 77.5 cm³/mol. The van der Waals surface area contributed by atoms with E-state index in [1.165, 1.54) is 0 Å². The van der Waals surface area contributed by atoms with E-state index in [1.807, 2.05) is 13.0 Å². The zero-order valence-corrected chi connectivity index (χ0v) is 11.8. The van der Waals surface area contributed by atoms with E-state index in [-0.39, 0.29) is 17.5 Å². The van der Waals surface area contributed by atoms with Gasteiger partial charge in [-0.2, -0.15) is 0 Å². The lowest BCUT2D eigenvalue weighted by molar-refractivity contribution is 0.0962. The topological polar surface area (TPSA) is 50.2 Å². The van der Waals surface area contributed by atoms with Crippen LogP contribution < -0.4 is 0 Å². The minimum absolute atomic E-state index is 0.0667. The molecule has 0 amide bonds. The Morgan fingerprint density at radius 1 is 1.30 bits per heavy atom. The number of phenols is 1. The summed E-state index contributed by atoms with van der Waals surface area (Å²) in [6, 6.07) is 6.80. The fourth-order valence-electron chi connectivity index (χ4n) is 2.85. The number of hydrogen-bond donors (Lipinski definition) is 1. The highest BCUT2D eigenvalue weighted by Crippen LogP contribution is 2.37. The Balaban J connectivity index is 2.04. The minimum atomic E-state index is -0.0667. The quantitative estimate of drug-likeness (QED) is 0.871. The maximum Gasteiger partial charge on any atom is 0.165 e. The molecule has 1 heterocycles. The van der Waals surface area contributed by atoms with Crippen LogP contribution in [0.25, 0.3) is 0 Å². The lowest BCUT2D eigenvalue weighted by Gasteiger charge is -2.24. The summed E-state index contributed by atoms with van der Waals surface area (Å²) in [7, 11) is 0. The molecule has 3 rings (SSSR count). The fraction of sp³-hybridized carbons (Fsp3) is 0.250. The van der Waals surface area contributed by atoms with Crippen molar-refractivity contribution in [1.82, 2.24) is 4.98 Å². The smallest absolute Gasteiger partial charge is 0.165 e. The maximum atomic E-state index is 12.3. The molecule has 1 unspecified atom stereocenters. The van der Waals surface area contributed by atoms with Crippen molar-refractivity contribution in [2.24, 2.45) is 0 Å². The number of nitrogens with zero attached hydrogens (tertiary/aromatic N) is 1. The summed E-state index contributed by atoms with van der Waals surface area (Å²) in [5.74, 6) is 0.201. The highest BCUT2D eigenvalue weighted by atomic mass is 35.5. The summed E-state index contributed by atoms with van der Waals surface area (Å²) in [6.45, 7) is 1.93. The summed E-state index contributed by atoms with van der Waals surface area (Å²) in [6.07, 6.45) is 2.76. The zero-order chi connectivity index (χ0) is 14.3. The van der Waals surface area contributed by atoms with Gasteiger partial charge in [0.1, 0.15) is 5.75 Å². The van der Waals surface area contributed by atoms with Crippen molar-refractivity contribution >= 4 is 17.4 Å². The number of phenolic OH excluding ortho intramolecular Hbond substituents is 1. The van der Waals surface area contributed by atoms with E-state index in [4.69, 9.17) is 11.6 Å². The van der Waals surface area contributed by atoms with Crippen LogP contribution in [0.1, 0.15) is 39.5 Å². The molecule has 0 fully saturated rings. The van der Waals surface area contributed by atoms with Crippen molar-refractivity contribution < 1.29 is 9.90 Å². The maximum absolute atomic E-state index is 12.3. The summed E-state index contributed by atoms with van der Waals surface area (Å²) >= 11 is 5.99. The molecule has 0 radical (unpaired) electrons. The summed E-state index contributed by atoms with van der Waals surface area (Å²) in [4.78, 5) is 16.7. The predicted octanol–water partition coefficient (Wildman–Crippen LogP) is 3.66. The Bertz CT molecular complexity index is 697. The molecule has 1 aliphatic carbocycles. The van der Waals surface area contributed by atoms with Crippen molar-refractivity contribution in [3.63, 3.8) is 0 Å². The number of carbonyl (C=O) groups is 1. The monoisotopic (exact) mass is 287 g/mol. The molecule has 4 heteroatoms. The number of ketones is 1. The van der Waals surface area contributed by atoms with Gasteiger partial charge in [0.15, 0.2) is 5.78 Å². The molecule has 1 N–H and O–H groups in total. The summed E-state index contributed by atoms with van der Waals surface area (Å²) < 4.78 is 0. The van der Waals surface area contributed by atoms with Gasteiger partial charge < -0.3 is 5.11 Å². The average Bonchev–Trinajstić information content (AvgIpc) is 2.41. The molecular formula is C16H14ClNO2. The molecular weight excluding hydrogens is 274 g/mol. The van der Waals surface area contributed by atoms with Gasteiger partial charge in [0, 0.05) is 29.1 Å². The first-order chi connectivity index (χ1) is 9.56. The first kappa shape index (κ1) is 13.1.